The number of nitrogens with one attached hydrogen (secondary N) is 2. The van der Waals surface area contributed by atoms with Crippen LogP contribution in [0.2, 0.25) is 0 Å². The molecule has 2 aromatic carbocycles. The molecular weight excluding hydrogens is 304 g/mol. The molecule has 0 radical (unpaired) electrons. The Labute approximate surface area is 131 Å². The van der Waals surface area contributed by atoms with Crippen LogP contribution in [0.3, 0.4) is 0 Å². The van der Waals surface area contributed by atoms with Crippen LogP contribution in [-0.4, -0.2) is 21.4 Å². The molecule has 0 aliphatic carbocycles. The fourth-order valence-corrected chi connectivity index (χ4v) is 1.78. The highest BCUT2D eigenvalue weighted by atomic mass is 32.1. The molecule has 0 saturated carbocycles. The summed E-state index contributed by atoms with van der Waals surface area (Å²) < 4.78 is 0. The number of nitrogens with zero attached hydrogens (tertiary/aromatic N) is 2. The van der Waals surface area contributed by atoms with Crippen molar-refractivity contribution >= 4 is 34.9 Å². The van der Waals surface area contributed by atoms with Crippen molar-refractivity contribution in [2.45, 2.75) is 0 Å². The minimum atomic E-state index is -0.665. The van der Waals surface area contributed by atoms with Gasteiger partial charge in [-0.3, -0.25) is 15.5 Å². The average molecular weight is 316 g/mol. The first kappa shape index (κ1) is 15.4. The summed E-state index contributed by atoms with van der Waals surface area (Å²) in [5.74, 6) is -0.392. The van der Waals surface area contributed by atoms with Crippen molar-refractivity contribution in [2.24, 2.45) is 5.10 Å². The van der Waals surface area contributed by atoms with Crippen LogP contribution in [-0.2, 0) is 0 Å². The van der Waals surface area contributed by atoms with Crippen molar-refractivity contribution in [2.75, 3.05) is 5.32 Å². The van der Waals surface area contributed by atoms with E-state index < -0.39 is 10.7 Å². The zero-order valence-corrected chi connectivity index (χ0v) is 12.1. The molecule has 0 amide bonds. The number of phenols is 1. The van der Waals surface area contributed by atoms with Gasteiger partial charge in [-0.15, -0.1) is 0 Å². The third-order valence-corrected chi connectivity index (χ3v) is 2.80. The summed E-state index contributed by atoms with van der Waals surface area (Å²) >= 11 is 5.06. The summed E-state index contributed by atoms with van der Waals surface area (Å²) in [4.78, 5) is 10.0. The molecule has 0 heterocycles. The minimum Gasteiger partial charge on any atom is -0.502 e. The normalized spacial score (nSPS) is 10.4. The van der Waals surface area contributed by atoms with Gasteiger partial charge in [-0.2, -0.15) is 5.10 Å². The highest BCUT2D eigenvalue weighted by Gasteiger charge is 2.12. The molecule has 0 spiro atoms. The Hall–Kier alpha value is -3.00. The van der Waals surface area contributed by atoms with Gasteiger partial charge >= 0.3 is 5.69 Å². The molecular formula is C14H12N4O3S. The van der Waals surface area contributed by atoms with Gasteiger partial charge in [-0.1, -0.05) is 18.2 Å². The number of nitro groups is 1. The molecule has 0 bridgehead atoms. The van der Waals surface area contributed by atoms with Gasteiger partial charge in [-0.25, -0.2) is 0 Å². The average Bonchev–Trinajstić information content (AvgIpc) is 2.49. The maximum absolute atomic E-state index is 10.7. The fraction of sp³-hybridized carbons (Fsp3) is 0. The molecule has 0 aliphatic rings. The second-order valence-electron chi connectivity index (χ2n) is 4.20. The van der Waals surface area contributed by atoms with Crippen LogP contribution in [0.15, 0.2) is 53.6 Å². The largest absolute Gasteiger partial charge is 0.502 e. The maximum atomic E-state index is 10.7. The van der Waals surface area contributed by atoms with Crippen molar-refractivity contribution < 1.29 is 10.0 Å². The summed E-state index contributed by atoms with van der Waals surface area (Å²) in [6.07, 6.45) is 1.37. The smallest absolute Gasteiger partial charge is 0.311 e. The summed E-state index contributed by atoms with van der Waals surface area (Å²) in [7, 11) is 0. The summed E-state index contributed by atoms with van der Waals surface area (Å²) in [5.41, 5.74) is 3.49. The molecule has 2 aromatic rings. The molecule has 0 aliphatic heterocycles. The van der Waals surface area contributed by atoms with Crippen molar-refractivity contribution in [3.8, 4) is 5.75 Å². The highest BCUT2D eigenvalue weighted by molar-refractivity contribution is 7.80. The summed E-state index contributed by atoms with van der Waals surface area (Å²) in [6, 6.07) is 13.3. The lowest BCUT2D eigenvalue weighted by molar-refractivity contribution is -0.385. The number of para-hydroxylation sites is 1. The van der Waals surface area contributed by atoms with Gasteiger partial charge in [0.25, 0.3) is 0 Å². The van der Waals surface area contributed by atoms with Gasteiger partial charge in [0.15, 0.2) is 10.9 Å². The lowest BCUT2D eigenvalue weighted by atomic mass is 10.2. The number of benzene rings is 2. The van der Waals surface area contributed by atoms with Crippen molar-refractivity contribution in [3.05, 3.63) is 64.2 Å². The lowest BCUT2D eigenvalue weighted by Gasteiger charge is -2.06. The zero-order chi connectivity index (χ0) is 15.9. The lowest BCUT2D eigenvalue weighted by Crippen LogP contribution is -2.23. The Morgan fingerprint density at radius 2 is 2.00 bits per heavy atom. The van der Waals surface area contributed by atoms with Crippen LogP contribution < -0.4 is 10.7 Å². The van der Waals surface area contributed by atoms with E-state index >= 15 is 0 Å². The summed E-state index contributed by atoms with van der Waals surface area (Å²) in [6.45, 7) is 0. The zero-order valence-electron chi connectivity index (χ0n) is 11.3. The number of anilines is 1. The van der Waals surface area contributed by atoms with Crippen molar-refractivity contribution in [3.63, 3.8) is 0 Å². The van der Waals surface area contributed by atoms with E-state index in [-0.39, 0.29) is 10.8 Å². The van der Waals surface area contributed by atoms with E-state index in [9.17, 15) is 15.2 Å². The van der Waals surface area contributed by atoms with Gasteiger partial charge in [0.1, 0.15) is 0 Å². The van der Waals surface area contributed by atoms with Crippen LogP contribution in [0.4, 0.5) is 11.4 Å². The number of rotatable bonds is 4. The molecule has 0 fully saturated rings. The molecule has 112 valence electrons. The van der Waals surface area contributed by atoms with E-state index in [1.54, 1.807) is 0 Å². The number of hydrazone groups is 1. The monoisotopic (exact) mass is 316 g/mol. The van der Waals surface area contributed by atoms with Crippen molar-refractivity contribution in [1.82, 2.24) is 5.43 Å². The topological polar surface area (TPSA) is 99.8 Å². The Balaban J connectivity index is 1.96. The van der Waals surface area contributed by atoms with E-state index in [1.165, 1.54) is 24.4 Å². The number of aromatic hydroxyl groups is 1. The van der Waals surface area contributed by atoms with Crippen LogP contribution in [0.25, 0.3) is 0 Å². The molecule has 0 aromatic heterocycles. The van der Waals surface area contributed by atoms with E-state index in [4.69, 9.17) is 12.2 Å². The third kappa shape index (κ3) is 4.25. The molecule has 7 nitrogen and oxygen atoms in total. The number of hydrogen-bond donors (Lipinski definition) is 3. The van der Waals surface area contributed by atoms with Gasteiger partial charge in [0.05, 0.1) is 11.1 Å². The first-order chi connectivity index (χ1) is 10.6. The van der Waals surface area contributed by atoms with Gasteiger partial charge in [0.2, 0.25) is 0 Å². The van der Waals surface area contributed by atoms with Gasteiger partial charge < -0.3 is 10.4 Å². The van der Waals surface area contributed by atoms with E-state index in [2.05, 4.69) is 15.8 Å². The number of thiocarbonyl (C=S) groups is 1. The van der Waals surface area contributed by atoms with E-state index in [0.29, 0.717) is 5.56 Å². The second kappa shape index (κ2) is 7.14. The quantitative estimate of drug-likeness (QED) is 0.347. The third-order valence-electron chi connectivity index (χ3n) is 2.61. The van der Waals surface area contributed by atoms with Gasteiger partial charge in [0, 0.05) is 17.3 Å². The maximum Gasteiger partial charge on any atom is 0.311 e. The fourth-order valence-electron chi connectivity index (χ4n) is 1.61. The van der Waals surface area contributed by atoms with Crippen LogP contribution in [0.1, 0.15) is 5.56 Å². The summed E-state index contributed by atoms with van der Waals surface area (Å²) in [5, 5.41) is 27.2. The second-order valence-corrected chi connectivity index (χ2v) is 4.60. The first-order valence-corrected chi connectivity index (χ1v) is 6.59. The predicted octanol–water partition coefficient (Wildman–Crippen LogP) is 2.62. The Bertz CT molecular complexity index is 719. The highest BCUT2D eigenvalue weighted by Crippen LogP contribution is 2.25. The van der Waals surface area contributed by atoms with E-state index in [0.717, 1.165) is 5.69 Å². The predicted molar refractivity (Wildman–Crippen MR) is 88.2 cm³/mol. The Morgan fingerprint density at radius 1 is 1.27 bits per heavy atom. The molecule has 0 saturated heterocycles. The molecule has 22 heavy (non-hydrogen) atoms. The SMILES string of the molecule is O=[N+]([O-])c1cc(/C=N\NC(=S)Nc2ccccc2)ccc1O. The number of phenolic OH excluding ortho intramolecular Hbond substituents is 1. The Kier molecular flexibility index (Phi) is 4.99. The number of nitro benzene ring substituents is 1. The molecule has 8 heteroatoms. The minimum absolute atomic E-state index is 0.288. The van der Waals surface area contributed by atoms with Crippen molar-refractivity contribution in [1.29, 1.82) is 0 Å². The van der Waals surface area contributed by atoms with Gasteiger partial charge in [-0.05, 0) is 36.5 Å². The van der Waals surface area contributed by atoms with Crippen LogP contribution >= 0.6 is 12.2 Å². The molecule has 3 N–H and O–H groups in total. The van der Waals surface area contributed by atoms with Crippen LogP contribution in [0, 0.1) is 10.1 Å². The first-order valence-electron chi connectivity index (χ1n) is 6.19. The standard InChI is InChI=1S/C14H12N4O3S/c19-13-7-6-10(8-12(13)18(20)21)9-15-17-14(22)16-11-4-2-1-3-5-11/h1-9,19H,(H2,16,17,22)/b15-9-. The molecule has 2 rings (SSSR count). The number of hydrogen-bond acceptors (Lipinski definition) is 5. The Morgan fingerprint density at radius 3 is 2.68 bits per heavy atom. The molecule has 0 unspecified atom stereocenters. The van der Waals surface area contributed by atoms with Crippen LogP contribution in [0.5, 0.6) is 5.75 Å². The molecule has 0 atom stereocenters. The van der Waals surface area contributed by atoms with E-state index in [1.807, 2.05) is 30.3 Å².